The van der Waals surface area contributed by atoms with Gasteiger partial charge in [-0.3, -0.25) is 0 Å². The summed E-state index contributed by atoms with van der Waals surface area (Å²) in [5, 5.41) is 13.8. The Morgan fingerprint density at radius 1 is 1.39 bits per heavy atom. The quantitative estimate of drug-likeness (QED) is 0.872. The number of hydrogen-bond donors (Lipinski definition) is 1. The van der Waals surface area contributed by atoms with E-state index in [0.29, 0.717) is 5.92 Å². The first-order valence-corrected chi connectivity index (χ1v) is 7.12. The van der Waals surface area contributed by atoms with E-state index in [1.807, 2.05) is 6.07 Å². The van der Waals surface area contributed by atoms with Gasteiger partial charge in [-0.1, -0.05) is 32.1 Å². The molecule has 2 aromatic heterocycles. The van der Waals surface area contributed by atoms with Gasteiger partial charge in [0, 0.05) is 13.0 Å². The van der Waals surface area contributed by atoms with E-state index in [4.69, 9.17) is 4.42 Å². The topological polar surface area (TPSA) is 51.0 Å². The van der Waals surface area contributed by atoms with E-state index in [0.717, 1.165) is 40.8 Å². The standard InChI is InChI=1S/C13H19N3OS/c1-4-11-10(5-6-17-11)13-16-15-12(18-13)8-14-7-9(2)3/h5-6,9,14H,4,7-8H2,1-3H3. The number of aryl methyl sites for hydroxylation is 1. The number of nitrogens with zero attached hydrogens (tertiary/aromatic N) is 2. The SMILES string of the molecule is CCc1occc1-c1nnc(CNCC(C)C)s1. The summed E-state index contributed by atoms with van der Waals surface area (Å²) in [6.45, 7) is 8.25. The fourth-order valence-electron chi connectivity index (χ4n) is 1.71. The van der Waals surface area contributed by atoms with Crippen LogP contribution in [0.25, 0.3) is 10.6 Å². The first-order valence-electron chi connectivity index (χ1n) is 6.30. The molecule has 0 unspecified atom stereocenters. The second-order valence-electron chi connectivity index (χ2n) is 4.64. The van der Waals surface area contributed by atoms with Crippen LogP contribution in [-0.4, -0.2) is 16.7 Å². The smallest absolute Gasteiger partial charge is 0.151 e. The monoisotopic (exact) mass is 265 g/mol. The van der Waals surface area contributed by atoms with Gasteiger partial charge in [0.15, 0.2) is 5.01 Å². The third-order valence-electron chi connectivity index (χ3n) is 2.59. The highest BCUT2D eigenvalue weighted by atomic mass is 32.1. The van der Waals surface area contributed by atoms with Crippen molar-refractivity contribution in [2.24, 2.45) is 5.92 Å². The van der Waals surface area contributed by atoms with Gasteiger partial charge in [0.2, 0.25) is 0 Å². The number of furan rings is 1. The molecule has 0 aromatic carbocycles. The zero-order valence-electron chi connectivity index (χ0n) is 11.1. The molecule has 0 fully saturated rings. The second-order valence-corrected chi connectivity index (χ2v) is 5.70. The Morgan fingerprint density at radius 3 is 2.94 bits per heavy atom. The minimum Gasteiger partial charge on any atom is -0.469 e. The van der Waals surface area contributed by atoms with Crippen LogP contribution in [0.5, 0.6) is 0 Å². The van der Waals surface area contributed by atoms with Crippen LogP contribution in [0.3, 0.4) is 0 Å². The molecule has 18 heavy (non-hydrogen) atoms. The zero-order chi connectivity index (χ0) is 13.0. The van der Waals surface area contributed by atoms with E-state index in [2.05, 4.69) is 36.3 Å². The van der Waals surface area contributed by atoms with Crippen molar-refractivity contribution in [3.8, 4) is 10.6 Å². The van der Waals surface area contributed by atoms with Gasteiger partial charge in [-0.15, -0.1) is 10.2 Å². The largest absolute Gasteiger partial charge is 0.469 e. The van der Waals surface area contributed by atoms with Gasteiger partial charge in [0.1, 0.15) is 10.8 Å². The highest BCUT2D eigenvalue weighted by Gasteiger charge is 2.12. The lowest BCUT2D eigenvalue weighted by Crippen LogP contribution is -2.18. The summed E-state index contributed by atoms with van der Waals surface area (Å²) >= 11 is 1.63. The highest BCUT2D eigenvalue weighted by Crippen LogP contribution is 2.28. The van der Waals surface area contributed by atoms with E-state index >= 15 is 0 Å². The third-order valence-corrected chi connectivity index (χ3v) is 3.55. The van der Waals surface area contributed by atoms with E-state index < -0.39 is 0 Å². The molecule has 0 saturated carbocycles. The first kappa shape index (κ1) is 13.2. The second kappa shape index (κ2) is 6.11. The van der Waals surface area contributed by atoms with Gasteiger partial charge in [-0.05, 0) is 18.5 Å². The van der Waals surface area contributed by atoms with Crippen molar-refractivity contribution in [3.63, 3.8) is 0 Å². The van der Waals surface area contributed by atoms with E-state index in [-0.39, 0.29) is 0 Å². The van der Waals surface area contributed by atoms with Crippen LogP contribution in [0.1, 0.15) is 31.5 Å². The minimum absolute atomic E-state index is 0.651. The molecule has 0 radical (unpaired) electrons. The molecular weight excluding hydrogens is 246 g/mol. The molecular formula is C13H19N3OS. The van der Waals surface area contributed by atoms with Crippen molar-refractivity contribution in [1.29, 1.82) is 0 Å². The molecule has 0 saturated heterocycles. The van der Waals surface area contributed by atoms with Crippen LogP contribution in [0.4, 0.5) is 0 Å². The fraction of sp³-hybridized carbons (Fsp3) is 0.538. The van der Waals surface area contributed by atoms with E-state index in [9.17, 15) is 0 Å². The average molecular weight is 265 g/mol. The molecule has 0 aliphatic carbocycles. The molecule has 0 aliphatic heterocycles. The maximum Gasteiger partial charge on any atom is 0.151 e. The van der Waals surface area contributed by atoms with Gasteiger partial charge in [-0.25, -0.2) is 0 Å². The Balaban J connectivity index is 2.02. The van der Waals surface area contributed by atoms with Crippen LogP contribution < -0.4 is 5.32 Å². The van der Waals surface area contributed by atoms with Gasteiger partial charge in [-0.2, -0.15) is 0 Å². The van der Waals surface area contributed by atoms with Crippen LogP contribution in [0.15, 0.2) is 16.7 Å². The maximum absolute atomic E-state index is 5.41. The van der Waals surface area contributed by atoms with Gasteiger partial charge < -0.3 is 9.73 Å². The summed E-state index contributed by atoms with van der Waals surface area (Å²) in [6.07, 6.45) is 2.59. The lowest BCUT2D eigenvalue weighted by Gasteiger charge is -2.03. The normalized spacial score (nSPS) is 11.3. The molecule has 0 aliphatic rings. The molecule has 5 heteroatoms. The molecule has 0 amide bonds. The molecule has 2 heterocycles. The number of aromatic nitrogens is 2. The predicted octanol–water partition coefficient (Wildman–Crippen LogP) is 3.11. The zero-order valence-corrected chi connectivity index (χ0v) is 11.9. The van der Waals surface area contributed by atoms with Gasteiger partial charge >= 0.3 is 0 Å². The molecule has 0 bridgehead atoms. The van der Waals surface area contributed by atoms with Crippen LogP contribution in [0.2, 0.25) is 0 Å². The lowest BCUT2D eigenvalue weighted by molar-refractivity contribution is 0.517. The fourth-order valence-corrected chi connectivity index (χ4v) is 2.56. The Morgan fingerprint density at radius 2 is 2.22 bits per heavy atom. The van der Waals surface area contributed by atoms with Crippen molar-refractivity contribution < 1.29 is 4.42 Å². The van der Waals surface area contributed by atoms with Crippen molar-refractivity contribution >= 4 is 11.3 Å². The van der Waals surface area contributed by atoms with Crippen molar-refractivity contribution in [2.45, 2.75) is 33.7 Å². The summed E-state index contributed by atoms with van der Waals surface area (Å²) < 4.78 is 5.41. The number of nitrogens with one attached hydrogen (secondary N) is 1. The molecule has 98 valence electrons. The van der Waals surface area contributed by atoms with Crippen molar-refractivity contribution in [3.05, 3.63) is 23.1 Å². The summed E-state index contributed by atoms with van der Waals surface area (Å²) in [6, 6.07) is 1.96. The predicted molar refractivity (Wildman–Crippen MR) is 73.5 cm³/mol. The Hall–Kier alpha value is -1.20. The summed E-state index contributed by atoms with van der Waals surface area (Å²) in [4.78, 5) is 0. The Kier molecular flexibility index (Phi) is 4.49. The van der Waals surface area contributed by atoms with Crippen molar-refractivity contribution in [1.82, 2.24) is 15.5 Å². The molecule has 2 aromatic rings. The summed E-state index contributed by atoms with van der Waals surface area (Å²) in [5.74, 6) is 1.63. The maximum atomic E-state index is 5.41. The number of hydrogen-bond acceptors (Lipinski definition) is 5. The van der Waals surface area contributed by atoms with Crippen molar-refractivity contribution in [2.75, 3.05) is 6.54 Å². The molecule has 0 spiro atoms. The highest BCUT2D eigenvalue weighted by molar-refractivity contribution is 7.14. The first-order chi connectivity index (χ1) is 8.70. The summed E-state index contributed by atoms with van der Waals surface area (Å²) in [7, 11) is 0. The molecule has 2 rings (SSSR count). The summed E-state index contributed by atoms with van der Waals surface area (Å²) in [5.41, 5.74) is 1.07. The van der Waals surface area contributed by atoms with Gasteiger partial charge in [0.05, 0.1) is 11.8 Å². The van der Waals surface area contributed by atoms with E-state index in [1.54, 1.807) is 17.6 Å². The third kappa shape index (κ3) is 3.17. The van der Waals surface area contributed by atoms with Crippen LogP contribution in [-0.2, 0) is 13.0 Å². The van der Waals surface area contributed by atoms with E-state index in [1.165, 1.54) is 0 Å². The minimum atomic E-state index is 0.651. The van der Waals surface area contributed by atoms with Gasteiger partial charge in [0.25, 0.3) is 0 Å². The van der Waals surface area contributed by atoms with Crippen LogP contribution >= 0.6 is 11.3 Å². The average Bonchev–Trinajstić information content (AvgIpc) is 2.95. The molecule has 0 atom stereocenters. The van der Waals surface area contributed by atoms with Crippen LogP contribution in [0, 0.1) is 5.92 Å². The Labute approximate surface area is 111 Å². The number of rotatable bonds is 6. The Bertz CT molecular complexity index is 490. The molecule has 1 N–H and O–H groups in total. The molecule has 4 nitrogen and oxygen atoms in total. The lowest BCUT2D eigenvalue weighted by atomic mass is 10.2.